The quantitative estimate of drug-likeness (QED) is 0.0391. The summed E-state index contributed by atoms with van der Waals surface area (Å²) >= 11 is 1.56. The SMILES string of the molecule is COC(=O)[C@H](CCC(N)=O)NC(=O)[C@@H]1Cc2ccccc2CN1C(=O)[C@H](C(C)C)N(C[C@H](CSC(c1ccccc1)(c1ccccc1)c1ccccc1)NC(=O)OC(C)(C)C)C(=O)OCc1ccccc1. The Kier molecular flexibility index (Phi) is 18.5. The largest absolute Gasteiger partial charge is 0.467 e. The third kappa shape index (κ3) is 14.0. The fourth-order valence-corrected chi connectivity index (χ4v) is 10.4. The van der Waals surface area contributed by atoms with E-state index in [4.69, 9.17) is 19.9 Å². The highest BCUT2D eigenvalue weighted by Crippen LogP contribution is 2.48. The maximum Gasteiger partial charge on any atom is 0.410 e. The van der Waals surface area contributed by atoms with Crippen LogP contribution in [0.1, 0.15) is 80.8 Å². The molecule has 1 aliphatic rings. The van der Waals surface area contributed by atoms with Crippen LogP contribution in [-0.2, 0) is 57.7 Å². The molecular weight excluding hydrogens is 919 g/mol. The normalized spacial score (nSPS) is 14.7. The molecule has 4 atom stereocenters. The number of alkyl carbamates (subject to hydrolysis) is 1. The highest BCUT2D eigenvalue weighted by molar-refractivity contribution is 8.00. The second-order valence-corrected chi connectivity index (χ2v) is 20.1. The van der Waals surface area contributed by atoms with E-state index in [0.717, 1.165) is 27.8 Å². The molecule has 0 radical (unpaired) electrons. The second-order valence-electron chi connectivity index (χ2n) is 18.9. The predicted octanol–water partition coefficient (Wildman–Crippen LogP) is 8.15. The standard InChI is InChI=1S/C56H65N5O9S/c1-38(2)49(51(64)60-34-41-24-20-19-23-40(41)33-47(60)50(63)59-46(52(65)68-6)31-32-48(57)62)61(54(67)69-36-39-21-11-7-12-22-39)35-45(58-53(66)70-55(3,4)5)37-71-56(42-25-13-8-14-26-42,43-27-15-9-16-28-43)44-29-17-10-18-30-44/h7-30,38,45-47,49H,31-37H2,1-6H3,(H2,57,62)(H,58,66)(H,59,63)/t45-,46+,47+,49+/m1/s1. The number of nitrogens with two attached hydrogens (primary N) is 1. The van der Waals surface area contributed by atoms with Crippen molar-refractivity contribution in [3.8, 4) is 0 Å². The van der Waals surface area contributed by atoms with Crippen LogP contribution in [0.25, 0.3) is 0 Å². The fraction of sp³-hybridized carbons (Fsp3) is 0.357. The van der Waals surface area contributed by atoms with Crippen molar-refractivity contribution < 1.29 is 43.0 Å². The molecule has 0 bridgehead atoms. The zero-order valence-electron chi connectivity index (χ0n) is 41.2. The van der Waals surface area contributed by atoms with Crippen molar-refractivity contribution in [2.75, 3.05) is 19.4 Å². The number of fused-ring (bicyclic) bond motifs is 1. The number of nitrogens with zero attached hydrogens (tertiary/aromatic N) is 2. The minimum atomic E-state index is -1.25. The first-order valence-electron chi connectivity index (χ1n) is 23.8. The first kappa shape index (κ1) is 53.2. The van der Waals surface area contributed by atoms with Crippen molar-refractivity contribution in [1.82, 2.24) is 20.4 Å². The van der Waals surface area contributed by atoms with Crippen LogP contribution in [0, 0.1) is 5.92 Å². The number of ether oxygens (including phenoxy) is 3. The van der Waals surface area contributed by atoms with Gasteiger partial charge >= 0.3 is 18.2 Å². The summed E-state index contributed by atoms with van der Waals surface area (Å²) in [6.07, 6.45) is -1.78. The van der Waals surface area contributed by atoms with Crippen molar-refractivity contribution in [3.05, 3.63) is 179 Å². The predicted molar refractivity (Wildman–Crippen MR) is 274 cm³/mol. The van der Waals surface area contributed by atoms with Gasteiger partial charge in [-0.15, -0.1) is 11.8 Å². The number of carbonyl (C=O) groups excluding carboxylic acids is 6. The summed E-state index contributed by atoms with van der Waals surface area (Å²) in [5, 5.41) is 5.80. The van der Waals surface area contributed by atoms with Gasteiger partial charge in [0.15, 0.2) is 0 Å². The molecule has 374 valence electrons. The number of hydrogen-bond donors (Lipinski definition) is 3. The third-order valence-electron chi connectivity index (χ3n) is 12.2. The number of methoxy groups -OCH3 is 1. The number of nitrogens with one attached hydrogen (secondary N) is 2. The van der Waals surface area contributed by atoms with Crippen molar-refractivity contribution in [2.45, 2.75) is 102 Å². The molecule has 4 N–H and O–H groups in total. The molecule has 1 aliphatic heterocycles. The number of carbonyl (C=O) groups is 6. The smallest absolute Gasteiger partial charge is 0.410 e. The van der Waals surface area contributed by atoms with Gasteiger partial charge in [0.25, 0.3) is 0 Å². The topological polar surface area (TPSA) is 187 Å². The van der Waals surface area contributed by atoms with Gasteiger partial charge in [-0.25, -0.2) is 14.4 Å². The molecule has 5 aromatic carbocycles. The highest BCUT2D eigenvalue weighted by Gasteiger charge is 2.45. The van der Waals surface area contributed by atoms with Gasteiger partial charge in [0.1, 0.15) is 30.3 Å². The molecule has 15 heteroatoms. The molecule has 14 nitrogen and oxygen atoms in total. The minimum absolute atomic E-state index is 0.00339. The number of primary amides is 1. The lowest BCUT2D eigenvalue weighted by molar-refractivity contribution is -0.149. The highest BCUT2D eigenvalue weighted by atomic mass is 32.2. The van der Waals surface area contributed by atoms with Crippen molar-refractivity contribution >= 4 is 47.6 Å². The molecule has 0 aromatic heterocycles. The van der Waals surface area contributed by atoms with Crippen LogP contribution in [0.3, 0.4) is 0 Å². The Morgan fingerprint density at radius 2 is 1.27 bits per heavy atom. The maximum atomic E-state index is 15.7. The Balaban J connectivity index is 1.44. The molecule has 1 heterocycles. The summed E-state index contributed by atoms with van der Waals surface area (Å²) in [6, 6.07) is 42.3. The van der Waals surface area contributed by atoms with Crippen LogP contribution in [0.5, 0.6) is 0 Å². The zero-order chi connectivity index (χ0) is 51.1. The van der Waals surface area contributed by atoms with Gasteiger partial charge in [-0.2, -0.15) is 0 Å². The summed E-state index contributed by atoms with van der Waals surface area (Å²) in [6.45, 7) is 8.55. The molecule has 0 saturated carbocycles. The molecular formula is C56H65N5O9S. The van der Waals surface area contributed by atoms with E-state index in [1.54, 1.807) is 46.4 Å². The maximum absolute atomic E-state index is 15.7. The van der Waals surface area contributed by atoms with Crippen LogP contribution in [0.2, 0.25) is 0 Å². The van der Waals surface area contributed by atoms with Crippen molar-refractivity contribution in [3.63, 3.8) is 0 Å². The van der Waals surface area contributed by atoms with Gasteiger partial charge in [0.2, 0.25) is 17.7 Å². The van der Waals surface area contributed by atoms with Crippen molar-refractivity contribution in [1.29, 1.82) is 0 Å². The lowest BCUT2D eigenvalue weighted by atomic mass is 9.84. The number of hydrogen-bond acceptors (Lipinski definition) is 10. The number of thioether (sulfide) groups is 1. The van der Waals surface area contributed by atoms with E-state index in [-0.39, 0.29) is 44.7 Å². The molecule has 5 aromatic rings. The molecule has 0 unspecified atom stereocenters. The lowest BCUT2D eigenvalue weighted by Crippen LogP contribution is -2.62. The molecule has 5 amide bonds. The van der Waals surface area contributed by atoms with Gasteiger partial charge in [-0.3, -0.25) is 19.3 Å². The summed E-state index contributed by atoms with van der Waals surface area (Å²) < 4.78 is 16.0. The molecule has 0 aliphatic carbocycles. The van der Waals surface area contributed by atoms with E-state index < -0.39 is 76.3 Å². The zero-order valence-corrected chi connectivity index (χ0v) is 42.1. The molecule has 6 rings (SSSR count). The Hall–Kier alpha value is -7.13. The second kappa shape index (κ2) is 24.6. The van der Waals surface area contributed by atoms with Gasteiger partial charge < -0.3 is 35.5 Å². The number of esters is 1. The summed E-state index contributed by atoms with van der Waals surface area (Å²) in [4.78, 5) is 86.6. The summed E-state index contributed by atoms with van der Waals surface area (Å²) in [5.41, 5.74) is 9.81. The summed E-state index contributed by atoms with van der Waals surface area (Å²) in [5.74, 6) is -3.04. The molecule has 71 heavy (non-hydrogen) atoms. The van der Waals surface area contributed by atoms with Crippen LogP contribution < -0.4 is 16.4 Å². The Labute approximate surface area is 421 Å². The Morgan fingerprint density at radius 3 is 1.77 bits per heavy atom. The number of amides is 5. The van der Waals surface area contributed by atoms with Gasteiger partial charge in [0, 0.05) is 31.7 Å². The van der Waals surface area contributed by atoms with E-state index in [9.17, 15) is 24.0 Å². The lowest BCUT2D eigenvalue weighted by Gasteiger charge is -2.42. The van der Waals surface area contributed by atoms with E-state index in [0.29, 0.717) is 5.56 Å². The molecule has 0 fully saturated rings. The molecule has 0 saturated heterocycles. The van der Waals surface area contributed by atoms with Gasteiger partial charge in [0.05, 0.1) is 17.9 Å². The monoisotopic (exact) mass is 983 g/mol. The van der Waals surface area contributed by atoms with Gasteiger partial charge in [-0.1, -0.05) is 159 Å². The average Bonchev–Trinajstić information content (AvgIpc) is 3.36. The van der Waals surface area contributed by atoms with Crippen LogP contribution >= 0.6 is 11.8 Å². The van der Waals surface area contributed by atoms with E-state index >= 15 is 4.79 Å². The average molecular weight is 984 g/mol. The van der Waals surface area contributed by atoms with Crippen LogP contribution in [0.15, 0.2) is 146 Å². The first-order chi connectivity index (χ1) is 34.0. The number of rotatable bonds is 20. The van der Waals surface area contributed by atoms with Crippen molar-refractivity contribution in [2.24, 2.45) is 11.7 Å². The Bertz CT molecular complexity index is 2480. The summed E-state index contributed by atoms with van der Waals surface area (Å²) in [7, 11) is 1.17. The number of benzene rings is 5. The Morgan fingerprint density at radius 1 is 0.746 bits per heavy atom. The third-order valence-corrected chi connectivity index (χ3v) is 13.9. The van der Waals surface area contributed by atoms with Gasteiger partial charge in [-0.05, 0) is 66.5 Å². The van der Waals surface area contributed by atoms with E-state index in [1.807, 2.05) is 109 Å². The minimum Gasteiger partial charge on any atom is -0.467 e. The first-order valence-corrected chi connectivity index (χ1v) is 24.8. The van der Waals surface area contributed by atoms with Crippen LogP contribution in [0.4, 0.5) is 9.59 Å². The van der Waals surface area contributed by atoms with E-state index in [1.165, 1.54) is 16.9 Å². The van der Waals surface area contributed by atoms with E-state index in [2.05, 4.69) is 47.0 Å². The molecule has 0 spiro atoms. The fourth-order valence-electron chi connectivity index (χ4n) is 8.83. The van der Waals surface area contributed by atoms with Crippen LogP contribution in [-0.4, -0.2) is 94.9 Å².